The molecule has 1 amide bonds. The van der Waals surface area contributed by atoms with Gasteiger partial charge in [0, 0.05) is 6.54 Å². The monoisotopic (exact) mass is 228 g/mol. The maximum atomic E-state index is 13.2. The van der Waals surface area contributed by atoms with Crippen LogP contribution in [0.5, 0.6) is 0 Å². The van der Waals surface area contributed by atoms with E-state index in [-0.39, 0.29) is 24.4 Å². The molecular weight excluding hydrogens is 214 g/mol. The smallest absolute Gasteiger partial charge is 0.236 e. The SMILES string of the molecule is C[C@@H](N)C(=O)NCCc1cccc(F)c1F. The summed E-state index contributed by atoms with van der Waals surface area (Å²) in [6, 6.07) is 3.37. The Hall–Kier alpha value is -1.49. The van der Waals surface area contributed by atoms with Crippen molar-refractivity contribution in [3.63, 3.8) is 0 Å². The van der Waals surface area contributed by atoms with Crippen molar-refractivity contribution in [2.75, 3.05) is 6.54 Å². The standard InChI is InChI=1S/C11H14F2N2O/c1-7(14)11(16)15-6-5-8-3-2-4-9(12)10(8)13/h2-4,7H,5-6,14H2,1H3,(H,15,16)/t7-/m1/s1. The Balaban J connectivity index is 2.49. The molecule has 88 valence electrons. The summed E-state index contributed by atoms with van der Waals surface area (Å²) in [5.41, 5.74) is 5.56. The van der Waals surface area contributed by atoms with Crippen LogP contribution < -0.4 is 11.1 Å². The van der Waals surface area contributed by atoms with Crippen molar-refractivity contribution < 1.29 is 13.6 Å². The predicted octanol–water partition coefficient (Wildman–Crippen LogP) is 0.971. The van der Waals surface area contributed by atoms with Gasteiger partial charge in [0.15, 0.2) is 11.6 Å². The molecule has 1 rings (SSSR count). The van der Waals surface area contributed by atoms with E-state index in [0.29, 0.717) is 0 Å². The molecule has 0 bridgehead atoms. The van der Waals surface area contributed by atoms with E-state index in [4.69, 9.17) is 5.73 Å². The second-order valence-corrected chi connectivity index (χ2v) is 3.54. The van der Waals surface area contributed by atoms with Crippen LogP contribution >= 0.6 is 0 Å². The van der Waals surface area contributed by atoms with Crippen molar-refractivity contribution in [1.29, 1.82) is 0 Å². The van der Waals surface area contributed by atoms with Crippen molar-refractivity contribution in [3.8, 4) is 0 Å². The number of rotatable bonds is 4. The highest BCUT2D eigenvalue weighted by molar-refractivity contribution is 5.80. The summed E-state index contributed by atoms with van der Waals surface area (Å²) >= 11 is 0. The van der Waals surface area contributed by atoms with Crippen LogP contribution in [-0.4, -0.2) is 18.5 Å². The van der Waals surface area contributed by atoms with Crippen molar-refractivity contribution in [1.82, 2.24) is 5.32 Å². The van der Waals surface area contributed by atoms with Gasteiger partial charge in [-0.05, 0) is 25.0 Å². The lowest BCUT2D eigenvalue weighted by atomic mass is 10.1. The summed E-state index contributed by atoms with van der Waals surface area (Å²) in [6.45, 7) is 1.79. The molecule has 5 heteroatoms. The lowest BCUT2D eigenvalue weighted by Crippen LogP contribution is -2.39. The van der Waals surface area contributed by atoms with Gasteiger partial charge in [0.05, 0.1) is 6.04 Å². The van der Waals surface area contributed by atoms with Gasteiger partial charge in [-0.1, -0.05) is 12.1 Å². The average molecular weight is 228 g/mol. The van der Waals surface area contributed by atoms with Gasteiger partial charge < -0.3 is 11.1 Å². The summed E-state index contributed by atoms with van der Waals surface area (Å²) in [4.78, 5) is 11.1. The number of nitrogens with one attached hydrogen (secondary N) is 1. The van der Waals surface area contributed by atoms with E-state index < -0.39 is 17.7 Å². The summed E-state index contributed by atoms with van der Waals surface area (Å²) < 4.78 is 26.0. The summed E-state index contributed by atoms with van der Waals surface area (Å²) in [7, 11) is 0. The van der Waals surface area contributed by atoms with Crippen LogP contribution in [0.25, 0.3) is 0 Å². The third-order valence-electron chi connectivity index (χ3n) is 2.14. The first kappa shape index (κ1) is 12.6. The van der Waals surface area contributed by atoms with E-state index >= 15 is 0 Å². The quantitative estimate of drug-likeness (QED) is 0.806. The van der Waals surface area contributed by atoms with Gasteiger partial charge in [-0.15, -0.1) is 0 Å². The molecule has 0 spiro atoms. The number of carbonyl (C=O) groups excluding carboxylic acids is 1. The molecule has 0 heterocycles. The average Bonchev–Trinajstić information content (AvgIpc) is 2.24. The van der Waals surface area contributed by atoms with E-state index in [0.717, 1.165) is 6.07 Å². The molecule has 0 unspecified atom stereocenters. The van der Waals surface area contributed by atoms with E-state index in [1.807, 2.05) is 0 Å². The Kier molecular flexibility index (Phi) is 4.37. The molecule has 0 aromatic heterocycles. The molecule has 0 aliphatic rings. The van der Waals surface area contributed by atoms with E-state index in [1.165, 1.54) is 12.1 Å². The molecule has 0 aliphatic heterocycles. The van der Waals surface area contributed by atoms with Crippen molar-refractivity contribution in [2.24, 2.45) is 5.73 Å². The fourth-order valence-electron chi connectivity index (χ4n) is 1.22. The Bertz CT molecular complexity index is 380. The van der Waals surface area contributed by atoms with Crippen molar-refractivity contribution in [3.05, 3.63) is 35.4 Å². The Labute approximate surface area is 92.6 Å². The van der Waals surface area contributed by atoms with Crippen molar-refractivity contribution >= 4 is 5.91 Å². The fraction of sp³-hybridized carbons (Fsp3) is 0.364. The number of halogens is 2. The van der Waals surface area contributed by atoms with Crippen LogP contribution in [0.4, 0.5) is 8.78 Å². The minimum absolute atomic E-state index is 0.237. The maximum absolute atomic E-state index is 13.2. The molecule has 3 N–H and O–H groups in total. The third-order valence-corrected chi connectivity index (χ3v) is 2.14. The zero-order valence-electron chi connectivity index (χ0n) is 8.97. The highest BCUT2D eigenvalue weighted by Gasteiger charge is 2.09. The molecule has 1 aromatic rings. The van der Waals surface area contributed by atoms with Gasteiger partial charge in [-0.3, -0.25) is 4.79 Å². The Morgan fingerprint density at radius 2 is 2.19 bits per heavy atom. The number of carbonyl (C=O) groups is 1. The summed E-state index contributed by atoms with van der Waals surface area (Å²) in [5, 5.41) is 2.52. The molecule has 0 fully saturated rings. The van der Waals surface area contributed by atoms with Crippen LogP contribution in [0.1, 0.15) is 12.5 Å². The molecule has 1 aromatic carbocycles. The number of nitrogens with two attached hydrogens (primary N) is 1. The predicted molar refractivity (Wildman–Crippen MR) is 56.7 cm³/mol. The van der Waals surface area contributed by atoms with E-state index in [1.54, 1.807) is 6.92 Å². The molecule has 1 atom stereocenters. The van der Waals surface area contributed by atoms with E-state index in [2.05, 4.69) is 5.32 Å². The molecule has 0 saturated heterocycles. The molecule has 0 radical (unpaired) electrons. The Morgan fingerprint density at radius 1 is 1.50 bits per heavy atom. The first-order chi connectivity index (χ1) is 7.52. The number of hydrogen-bond acceptors (Lipinski definition) is 2. The summed E-state index contributed by atoms with van der Waals surface area (Å²) in [6.07, 6.45) is 0.238. The van der Waals surface area contributed by atoms with Gasteiger partial charge in [-0.25, -0.2) is 8.78 Å². The first-order valence-corrected chi connectivity index (χ1v) is 4.98. The van der Waals surface area contributed by atoms with Gasteiger partial charge in [0.2, 0.25) is 5.91 Å². The Morgan fingerprint density at radius 3 is 2.81 bits per heavy atom. The third kappa shape index (κ3) is 3.27. The maximum Gasteiger partial charge on any atom is 0.236 e. The first-order valence-electron chi connectivity index (χ1n) is 4.98. The zero-order valence-corrected chi connectivity index (χ0v) is 8.97. The molecule has 0 aliphatic carbocycles. The van der Waals surface area contributed by atoms with E-state index in [9.17, 15) is 13.6 Å². The van der Waals surface area contributed by atoms with Crippen LogP contribution in [0, 0.1) is 11.6 Å². The minimum atomic E-state index is -0.879. The highest BCUT2D eigenvalue weighted by atomic mass is 19.2. The molecule has 3 nitrogen and oxygen atoms in total. The molecular formula is C11H14F2N2O. The lowest BCUT2D eigenvalue weighted by molar-refractivity contribution is -0.121. The van der Waals surface area contributed by atoms with Crippen LogP contribution in [-0.2, 0) is 11.2 Å². The lowest BCUT2D eigenvalue weighted by Gasteiger charge is -2.08. The summed E-state index contributed by atoms with van der Waals surface area (Å²) in [5.74, 6) is -2.05. The van der Waals surface area contributed by atoms with Gasteiger partial charge in [0.1, 0.15) is 0 Å². The largest absolute Gasteiger partial charge is 0.354 e. The topological polar surface area (TPSA) is 55.1 Å². The number of amides is 1. The van der Waals surface area contributed by atoms with Gasteiger partial charge in [-0.2, -0.15) is 0 Å². The van der Waals surface area contributed by atoms with Crippen LogP contribution in [0.15, 0.2) is 18.2 Å². The minimum Gasteiger partial charge on any atom is -0.354 e. The second-order valence-electron chi connectivity index (χ2n) is 3.54. The van der Waals surface area contributed by atoms with Gasteiger partial charge >= 0.3 is 0 Å². The highest BCUT2D eigenvalue weighted by Crippen LogP contribution is 2.11. The van der Waals surface area contributed by atoms with Crippen molar-refractivity contribution in [2.45, 2.75) is 19.4 Å². The number of hydrogen-bond donors (Lipinski definition) is 2. The van der Waals surface area contributed by atoms with Crippen LogP contribution in [0.3, 0.4) is 0 Å². The van der Waals surface area contributed by atoms with Crippen LogP contribution in [0.2, 0.25) is 0 Å². The molecule has 16 heavy (non-hydrogen) atoms. The van der Waals surface area contributed by atoms with Gasteiger partial charge in [0.25, 0.3) is 0 Å². The molecule has 0 saturated carbocycles. The number of benzene rings is 1. The zero-order chi connectivity index (χ0) is 12.1. The fourth-order valence-corrected chi connectivity index (χ4v) is 1.22. The second kappa shape index (κ2) is 5.55. The normalized spacial score (nSPS) is 12.2.